The van der Waals surface area contributed by atoms with Gasteiger partial charge in [0, 0.05) is 5.56 Å². The number of ether oxygens (including phenoxy) is 1. The molecule has 1 aromatic carbocycles. The molecule has 0 amide bonds. The van der Waals surface area contributed by atoms with Gasteiger partial charge in [-0.3, -0.25) is 0 Å². The summed E-state index contributed by atoms with van der Waals surface area (Å²) in [6.45, 7) is 2.12. The summed E-state index contributed by atoms with van der Waals surface area (Å²) in [5, 5.41) is 3.97. The molecule has 1 heterocycles. The number of hydrogen-bond acceptors (Lipinski definition) is 2. The van der Waals surface area contributed by atoms with Crippen LogP contribution in [0.15, 0.2) is 18.2 Å². The molecule has 14 heavy (non-hydrogen) atoms. The van der Waals surface area contributed by atoms with Gasteiger partial charge in [0.05, 0.1) is 11.1 Å². The maximum Gasteiger partial charge on any atom is 0.143 e. The van der Waals surface area contributed by atoms with Crippen LogP contribution in [-0.2, 0) is 0 Å². The quantitative estimate of drug-likeness (QED) is 0.813. The number of para-hydroxylation sites is 1. The van der Waals surface area contributed by atoms with Crippen molar-refractivity contribution in [2.24, 2.45) is 0 Å². The molecule has 0 bridgehead atoms. The standard InChI is InChI=1S/C11H14ClNO/c1-3-9-10(13-2)7-5-4-6-8(12)11(7)14-9/h4-6,9-10,13H,3H2,1-2H3. The summed E-state index contributed by atoms with van der Waals surface area (Å²) in [4.78, 5) is 0. The zero-order chi connectivity index (χ0) is 10.1. The van der Waals surface area contributed by atoms with Crippen molar-refractivity contribution in [2.75, 3.05) is 7.05 Å². The van der Waals surface area contributed by atoms with Crippen molar-refractivity contribution in [1.29, 1.82) is 0 Å². The van der Waals surface area contributed by atoms with E-state index in [0.717, 1.165) is 12.2 Å². The number of fused-ring (bicyclic) bond motifs is 1. The topological polar surface area (TPSA) is 21.3 Å². The summed E-state index contributed by atoms with van der Waals surface area (Å²) in [6.07, 6.45) is 1.19. The van der Waals surface area contributed by atoms with E-state index in [1.807, 2.05) is 19.2 Å². The molecule has 1 N–H and O–H groups in total. The average Bonchev–Trinajstić information content (AvgIpc) is 2.57. The molecule has 76 valence electrons. The highest BCUT2D eigenvalue weighted by atomic mass is 35.5. The van der Waals surface area contributed by atoms with Crippen LogP contribution < -0.4 is 10.1 Å². The van der Waals surface area contributed by atoms with Crippen LogP contribution in [0.2, 0.25) is 5.02 Å². The van der Waals surface area contributed by atoms with E-state index >= 15 is 0 Å². The van der Waals surface area contributed by atoms with Crippen LogP contribution in [0.25, 0.3) is 0 Å². The van der Waals surface area contributed by atoms with Crippen molar-refractivity contribution >= 4 is 11.6 Å². The molecule has 1 aliphatic heterocycles. The molecule has 3 heteroatoms. The SMILES string of the molecule is CCC1Oc2c(Cl)cccc2C1NC. The van der Waals surface area contributed by atoms with Crippen LogP contribution in [-0.4, -0.2) is 13.2 Å². The summed E-state index contributed by atoms with van der Waals surface area (Å²) >= 11 is 6.06. The van der Waals surface area contributed by atoms with Crippen LogP contribution in [0.1, 0.15) is 24.9 Å². The Bertz CT molecular complexity index is 340. The molecule has 1 aromatic rings. The highest BCUT2D eigenvalue weighted by Gasteiger charge is 2.33. The Balaban J connectivity index is 2.42. The second-order valence-electron chi connectivity index (χ2n) is 3.49. The van der Waals surface area contributed by atoms with Crippen molar-refractivity contribution in [3.8, 4) is 5.75 Å². The Morgan fingerprint density at radius 3 is 2.93 bits per heavy atom. The van der Waals surface area contributed by atoms with Gasteiger partial charge in [0.1, 0.15) is 11.9 Å². The van der Waals surface area contributed by atoms with E-state index in [2.05, 4.69) is 18.3 Å². The highest BCUT2D eigenvalue weighted by molar-refractivity contribution is 6.32. The first-order valence-corrected chi connectivity index (χ1v) is 5.28. The molecule has 1 aliphatic rings. The fourth-order valence-electron chi connectivity index (χ4n) is 1.97. The predicted octanol–water partition coefficient (Wildman–Crippen LogP) is 2.77. The van der Waals surface area contributed by atoms with E-state index in [0.29, 0.717) is 5.02 Å². The molecular formula is C11H14ClNO. The van der Waals surface area contributed by atoms with E-state index in [1.165, 1.54) is 5.56 Å². The Kier molecular flexibility index (Phi) is 2.66. The monoisotopic (exact) mass is 211 g/mol. The predicted molar refractivity (Wildman–Crippen MR) is 58.0 cm³/mol. The third kappa shape index (κ3) is 1.39. The fourth-order valence-corrected chi connectivity index (χ4v) is 2.20. The van der Waals surface area contributed by atoms with Crippen molar-refractivity contribution in [1.82, 2.24) is 5.32 Å². The van der Waals surface area contributed by atoms with E-state index in [-0.39, 0.29) is 12.1 Å². The minimum atomic E-state index is 0.204. The number of nitrogens with one attached hydrogen (secondary N) is 1. The Labute approximate surface area is 89.2 Å². The van der Waals surface area contributed by atoms with Crippen molar-refractivity contribution < 1.29 is 4.74 Å². The molecule has 2 rings (SSSR count). The first-order valence-electron chi connectivity index (χ1n) is 4.90. The molecular weight excluding hydrogens is 198 g/mol. The average molecular weight is 212 g/mol. The Hall–Kier alpha value is -0.730. The largest absolute Gasteiger partial charge is 0.487 e. The maximum absolute atomic E-state index is 6.06. The molecule has 2 unspecified atom stereocenters. The lowest BCUT2D eigenvalue weighted by atomic mass is 10.0. The first kappa shape index (κ1) is 9.81. The van der Waals surface area contributed by atoms with Gasteiger partial charge < -0.3 is 10.1 Å². The molecule has 0 saturated carbocycles. The zero-order valence-corrected chi connectivity index (χ0v) is 9.14. The summed E-state index contributed by atoms with van der Waals surface area (Å²) in [7, 11) is 1.95. The van der Waals surface area contributed by atoms with E-state index in [9.17, 15) is 0 Å². The normalized spacial score (nSPS) is 24.5. The second kappa shape index (κ2) is 3.79. The van der Waals surface area contributed by atoms with Crippen LogP contribution in [0.5, 0.6) is 5.75 Å². The molecule has 0 radical (unpaired) electrons. The lowest BCUT2D eigenvalue weighted by Crippen LogP contribution is -2.27. The Morgan fingerprint density at radius 2 is 2.29 bits per heavy atom. The van der Waals surface area contributed by atoms with Gasteiger partial charge in [0.25, 0.3) is 0 Å². The number of rotatable bonds is 2. The summed E-state index contributed by atoms with van der Waals surface area (Å²) in [5.74, 6) is 0.848. The molecule has 0 aromatic heterocycles. The molecule has 2 atom stereocenters. The molecule has 0 fully saturated rings. The number of likely N-dealkylation sites (N-methyl/N-ethyl adjacent to an activating group) is 1. The fraction of sp³-hybridized carbons (Fsp3) is 0.455. The van der Waals surface area contributed by atoms with Gasteiger partial charge in [0.2, 0.25) is 0 Å². The van der Waals surface area contributed by atoms with Gasteiger partial charge >= 0.3 is 0 Å². The maximum atomic E-state index is 6.06. The van der Waals surface area contributed by atoms with Gasteiger partial charge in [-0.25, -0.2) is 0 Å². The third-order valence-electron chi connectivity index (χ3n) is 2.69. The van der Waals surface area contributed by atoms with Crippen molar-refractivity contribution in [3.63, 3.8) is 0 Å². The van der Waals surface area contributed by atoms with Crippen LogP contribution >= 0.6 is 11.6 Å². The van der Waals surface area contributed by atoms with Gasteiger partial charge in [0.15, 0.2) is 0 Å². The zero-order valence-electron chi connectivity index (χ0n) is 8.38. The molecule has 0 spiro atoms. The minimum absolute atomic E-state index is 0.204. The van der Waals surface area contributed by atoms with Crippen LogP contribution in [0.4, 0.5) is 0 Å². The summed E-state index contributed by atoms with van der Waals surface area (Å²) < 4.78 is 5.80. The first-order chi connectivity index (χ1) is 6.77. The third-order valence-corrected chi connectivity index (χ3v) is 2.98. The van der Waals surface area contributed by atoms with Crippen molar-refractivity contribution in [3.05, 3.63) is 28.8 Å². The lowest BCUT2D eigenvalue weighted by Gasteiger charge is -2.16. The van der Waals surface area contributed by atoms with E-state index in [4.69, 9.17) is 16.3 Å². The molecule has 2 nitrogen and oxygen atoms in total. The molecule has 0 saturated heterocycles. The van der Waals surface area contributed by atoms with Crippen LogP contribution in [0, 0.1) is 0 Å². The van der Waals surface area contributed by atoms with Crippen molar-refractivity contribution in [2.45, 2.75) is 25.5 Å². The summed E-state index contributed by atoms with van der Waals surface area (Å²) in [6, 6.07) is 6.17. The summed E-state index contributed by atoms with van der Waals surface area (Å²) in [5.41, 5.74) is 1.17. The van der Waals surface area contributed by atoms with Gasteiger partial charge in [-0.2, -0.15) is 0 Å². The Morgan fingerprint density at radius 1 is 1.50 bits per heavy atom. The number of hydrogen-bond donors (Lipinski definition) is 1. The van der Waals surface area contributed by atoms with E-state index < -0.39 is 0 Å². The number of halogens is 1. The van der Waals surface area contributed by atoms with E-state index in [1.54, 1.807) is 0 Å². The van der Waals surface area contributed by atoms with Crippen LogP contribution in [0.3, 0.4) is 0 Å². The van der Waals surface area contributed by atoms with Gasteiger partial charge in [-0.15, -0.1) is 0 Å². The van der Waals surface area contributed by atoms with Gasteiger partial charge in [-0.05, 0) is 19.5 Å². The smallest absolute Gasteiger partial charge is 0.143 e. The number of benzene rings is 1. The minimum Gasteiger partial charge on any atom is -0.487 e. The second-order valence-corrected chi connectivity index (χ2v) is 3.90. The lowest BCUT2D eigenvalue weighted by molar-refractivity contribution is 0.189. The molecule has 0 aliphatic carbocycles. The highest BCUT2D eigenvalue weighted by Crippen LogP contribution is 2.42. The van der Waals surface area contributed by atoms with Gasteiger partial charge in [-0.1, -0.05) is 30.7 Å².